The van der Waals surface area contributed by atoms with Gasteiger partial charge >= 0.3 is 0 Å². The molecule has 0 saturated carbocycles. The average Bonchev–Trinajstić information content (AvgIpc) is 2.92. The summed E-state index contributed by atoms with van der Waals surface area (Å²) in [6, 6.07) is 10.2. The van der Waals surface area contributed by atoms with Gasteiger partial charge in [-0.1, -0.05) is 36.3 Å². The fraction of sp³-hybridized carbons (Fsp3) is 0.294. The molecule has 1 heterocycles. The summed E-state index contributed by atoms with van der Waals surface area (Å²) in [6.45, 7) is 5.90. The Morgan fingerprint density at radius 2 is 2.04 bits per heavy atom. The van der Waals surface area contributed by atoms with Crippen LogP contribution >= 0.6 is 35.3 Å². The third kappa shape index (κ3) is 5.84. The molecular weight excluding hydrogens is 419 g/mol. The molecule has 0 atom stereocenters. The summed E-state index contributed by atoms with van der Waals surface area (Å²) in [4.78, 5) is 10.4. The fourth-order valence-corrected chi connectivity index (χ4v) is 2.90. The summed E-state index contributed by atoms with van der Waals surface area (Å²) < 4.78 is 0. The van der Waals surface area contributed by atoms with Crippen molar-refractivity contribution in [2.45, 2.75) is 20.4 Å². The van der Waals surface area contributed by atoms with Crippen molar-refractivity contribution in [2.24, 2.45) is 4.99 Å². The Balaban J connectivity index is 0.00000264. The second-order valence-electron chi connectivity index (χ2n) is 4.65. The van der Waals surface area contributed by atoms with Gasteiger partial charge in [-0.15, -0.1) is 41.7 Å². The number of benzene rings is 1. The lowest BCUT2D eigenvalue weighted by molar-refractivity contribution is 0.866. The second-order valence-corrected chi connectivity index (χ2v) is 5.73. The van der Waals surface area contributed by atoms with Gasteiger partial charge in [0.1, 0.15) is 5.01 Å². The summed E-state index contributed by atoms with van der Waals surface area (Å²) in [7, 11) is 0. The summed E-state index contributed by atoms with van der Waals surface area (Å²) in [5.74, 6) is 3.28. The zero-order valence-corrected chi connectivity index (χ0v) is 16.4. The molecule has 0 unspecified atom stereocenters. The smallest absolute Gasteiger partial charge is 0.192 e. The van der Waals surface area contributed by atoms with Gasteiger partial charge in [-0.3, -0.25) is 0 Å². The molecule has 0 bridgehead atoms. The quantitative estimate of drug-likeness (QED) is 0.324. The predicted molar refractivity (Wildman–Crippen MR) is 109 cm³/mol. The van der Waals surface area contributed by atoms with Crippen molar-refractivity contribution < 1.29 is 0 Å². The monoisotopic (exact) mass is 440 g/mol. The standard InChI is InChI=1S/C17H20N4S.HI/c1-4-11-19-17(18-5-2)20-12-15-13(3)21-16(22-15)14-9-7-6-8-10-14;/h1,6-10H,5,11-12H2,2-3H3,(H2,18,19,20);1H. The highest BCUT2D eigenvalue weighted by Crippen LogP contribution is 2.28. The summed E-state index contributed by atoms with van der Waals surface area (Å²) in [6.07, 6.45) is 5.27. The highest BCUT2D eigenvalue weighted by molar-refractivity contribution is 14.0. The van der Waals surface area contributed by atoms with E-state index in [2.05, 4.69) is 38.7 Å². The van der Waals surface area contributed by atoms with Gasteiger partial charge in [0.2, 0.25) is 0 Å². The van der Waals surface area contributed by atoms with Gasteiger partial charge in [-0.25, -0.2) is 9.98 Å². The van der Waals surface area contributed by atoms with Crippen molar-refractivity contribution in [1.82, 2.24) is 15.6 Å². The highest BCUT2D eigenvalue weighted by Gasteiger charge is 2.09. The van der Waals surface area contributed by atoms with Crippen LogP contribution in [-0.4, -0.2) is 24.0 Å². The number of nitrogens with zero attached hydrogens (tertiary/aromatic N) is 2. The number of hydrogen-bond donors (Lipinski definition) is 2. The minimum absolute atomic E-state index is 0. The zero-order valence-electron chi connectivity index (χ0n) is 13.3. The van der Waals surface area contributed by atoms with Crippen molar-refractivity contribution >= 4 is 41.3 Å². The molecule has 1 aromatic carbocycles. The molecule has 2 aromatic rings. The largest absolute Gasteiger partial charge is 0.357 e. The van der Waals surface area contributed by atoms with Crippen LogP contribution in [0.15, 0.2) is 35.3 Å². The minimum Gasteiger partial charge on any atom is -0.357 e. The lowest BCUT2D eigenvalue weighted by Gasteiger charge is -2.08. The second kappa shape index (κ2) is 10.2. The maximum Gasteiger partial charge on any atom is 0.192 e. The maximum absolute atomic E-state index is 5.27. The van der Waals surface area contributed by atoms with Crippen molar-refractivity contribution in [3.63, 3.8) is 0 Å². The Morgan fingerprint density at radius 3 is 2.70 bits per heavy atom. The topological polar surface area (TPSA) is 49.3 Å². The van der Waals surface area contributed by atoms with E-state index in [1.807, 2.05) is 32.0 Å². The predicted octanol–water partition coefficient (Wildman–Crippen LogP) is 3.42. The number of guanidine groups is 1. The Kier molecular flexibility index (Phi) is 8.66. The Labute approximate surface area is 158 Å². The van der Waals surface area contributed by atoms with E-state index in [0.29, 0.717) is 13.1 Å². The van der Waals surface area contributed by atoms with Crippen LogP contribution in [0.25, 0.3) is 10.6 Å². The van der Waals surface area contributed by atoms with Crippen LogP contribution in [0.4, 0.5) is 0 Å². The lowest BCUT2D eigenvalue weighted by atomic mass is 10.2. The van der Waals surface area contributed by atoms with E-state index in [9.17, 15) is 0 Å². The molecule has 23 heavy (non-hydrogen) atoms. The fourth-order valence-electron chi connectivity index (χ4n) is 1.91. The summed E-state index contributed by atoms with van der Waals surface area (Å²) >= 11 is 1.68. The first-order valence-electron chi connectivity index (χ1n) is 7.22. The number of aryl methyl sites for hydroxylation is 1. The van der Waals surface area contributed by atoms with Gasteiger partial charge in [0, 0.05) is 17.0 Å². The molecule has 0 saturated heterocycles. The van der Waals surface area contributed by atoms with E-state index in [1.165, 1.54) is 0 Å². The number of aromatic nitrogens is 1. The molecule has 0 spiro atoms. The molecule has 6 heteroatoms. The Morgan fingerprint density at radius 1 is 1.30 bits per heavy atom. The number of thiazole rings is 1. The number of nitrogens with one attached hydrogen (secondary N) is 2. The highest BCUT2D eigenvalue weighted by atomic mass is 127. The number of terminal acetylenes is 1. The molecule has 0 radical (unpaired) electrons. The van der Waals surface area contributed by atoms with E-state index >= 15 is 0 Å². The van der Waals surface area contributed by atoms with Gasteiger partial charge in [-0.05, 0) is 13.8 Å². The normalized spacial score (nSPS) is 10.6. The third-order valence-electron chi connectivity index (χ3n) is 3.00. The number of rotatable bonds is 5. The van der Waals surface area contributed by atoms with Gasteiger partial charge in [-0.2, -0.15) is 0 Å². The van der Waals surface area contributed by atoms with Crippen LogP contribution in [0.1, 0.15) is 17.5 Å². The van der Waals surface area contributed by atoms with Gasteiger partial charge in [0.05, 0.1) is 18.8 Å². The van der Waals surface area contributed by atoms with Gasteiger partial charge in [0.15, 0.2) is 5.96 Å². The van der Waals surface area contributed by atoms with E-state index in [-0.39, 0.29) is 24.0 Å². The third-order valence-corrected chi connectivity index (χ3v) is 4.19. The Hall–Kier alpha value is -1.59. The SMILES string of the molecule is C#CCNC(=NCc1sc(-c2ccccc2)nc1C)NCC.I. The van der Waals surface area contributed by atoms with Crippen LogP contribution < -0.4 is 10.6 Å². The van der Waals surface area contributed by atoms with Crippen LogP contribution in [0.3, 0.4) is 0 Å². The summed E-state index contributed by atoms with van der Waals surface area (Å²) in [5, 5.41) is 7.29. The molecule has 2 N–H and O–H groups in total. The minimum atomic E-state index is 0. The molecule has 4 nitrogen and oxygen atoms in total. The molecule has 0 aliphatic carbocycles. The van der Waals surface area contributed by atoms with Crippen molar-refractivity contribution in [1.29, 1.82) is 0 Å². The molecule has 0 aliphatic rings. The molecule has 0 fully saturated rings. The van der Waals surface area contributed by atoms with Crippen molar-refractivity contribution in [2.75, 3.05) is 13.1 Å². The lowest BCUT2D eigenvalue weighted by Crippen LogP contribution is -2.37. The molecular formula is C17H21IN4S. The first-order valence-corrected chi connectivity index (χ1v) is 8.03. The zero-order chi connectivity index (χ0) is 15.8. The van der Waals surface area contributed by atoms with E-state index in [1.54, 1.807) is 11.3 Å². The molecule has 2 rings (SSSR count). The molecule has 0 amide bonds. The van der Waals surface area contributed by atoms with E-state index < -0.39 is 0 Å². The van der Waals surface area contributed by atoms with E-state index in [0.717, 1.165) is 33.6 Å². The number of halogens is 1. The molecule has 0 aliphatic heterocycles. The van der Waals surface area contributed by atoms with Gasteiger partial charge < -0.3 is 10.6 Å². The number of aliphatic imine (C=N–C) groups is 1. The van der Waals surface area contributed by atoms with E-state index in [4.69, 9.17) is 6.42 Å². The Bertz CT molecular complexity index is 674. The van der Waals surface area contributed by atoms with Crippen LogP contribution in [-0.2, 0) is 6.54 Å². The molecule has 1 aromatic heterocycles. The van der Waals surface area contributed by atoms with Crippen molar-refractivity contribution in [3.8, 4) is 22.9 Å². The van der Waals surface area contributed by atoms with Crippen LogP contribution in [0.2, 0.25) is 0 Å². The maximum atomic E-state index is 5.27. The average molecular weight is 440 g/mol. The first-order chi connectivity index (χ1) is 10.7. The summed E-state index contributed by atoms with van der Waals surface area (Å²) in [5.41, 5.74) is 2.17. The first kappa shape index (κ1) is 19.5. The van der Waals surface area contributed by atoms with Crippen molar-refractivity contribution in [3.05, 3.63) is 40.9 Å². The number of hydrogen-bond acceptors (Lipinski definition) is 3. The van der Waals surface area contributed by atoms with Crippen LogP contribution in [0, 0.1) is 19.3 Å². The van der Waals surface area contributed by atoms with Crippen LogP contribution in [0.5, 0.6) is 0 Å². The van der Waals surface area contributed by atoms with Gasteiger partial charge in [0.25, 0.3) is 0 Å². The molecule has 122 valence electrons.